The molecule has 0 aromatic heterocycles. The van der Waals surface area contributed by atoms with Crippen LogP contribution in [0.2, 0.25) is 0 Å². The lowest BCUT2D eigenvalue weighted by atomic mass is 10.1. The molecular weight excluding hydrogens is 340 g/mol. The van der Waals surface area contributed by atoms with Crippen molar-refractivity contribution in [3.05, 3.63) is 53.6 Å². The van der Waals surface area contributed by atoms with Crippen molar-refractivity contribution in [1.82, 2.24) is 5.32 Å². The Labute approximate surface area is 159 Å². The summed E-state index contributed by atoms with van der Waals surface area (Å²) in [5, 5.41) is 5.78. The van der Waals surface area contributed by atoms with Crippen LogP contribution in [0.25, 0.3) is 0 Å². The summed E-state index contributed by atoms with van der Waals surface area (Å²) in [4.78, 5) is 28.5. The van der Waals surface area contributed by atoms with Crippen LogP contribution in [0.3, 0.4) is 0 Å². The van der Waals surface area contributed by atoms with Crippen molar-refractivity contribution in [2.45, 2.75) is 19.4 Å². The number of hydrogen-bond acceptors (Lipinski definition) is 4. The highest BCUT2D eigenvalue weighted by Crippen LogP contribution is 2.29. The van der Waals surface area contributed by atoms with Crippen molar-refractivity contribution >= 4 is 28.9 Å². The van der Waals surface area contributed by atoms with Gasteiger partial charge < -0.3 is 20.4 Å². The molecule has 0 saturated carbocycles. The number of carbonyl (C=O) groups is 2. The highest BCUT2D eigenvalue weighted by atomic mass is 16.2. The SMILES string of the molecule is CN1CC(=O)Nc2cc(C(=O)NCc3ccc(N4CCCC4)cc3)ccc21. The van der Waals surface area contributed by atoms with Gasteiger partial charge in [0.1, 0.15) is 0 Å². The molecule has 27 heavy (non-hydrogen) atoms. The minimum absolute atomic E-state index is 0.0688. The van der Waals surface area contributed by atoms with Crippen LogP contribution in [0.5, 0.6) is 0 Å². The maximum absolute atomic E-state index is 12.5. The minimum atomic E-state index is -0.149. The average molecular weight is 364 g/mol. The molecule has 1 saturated heterocycles. The van der Waals surface area contributed by atoms with Crippen molar-refractivity contribution in [3.8, 4) is 0 Å². The summed E-state index contributed by atoms with van der Waals surface area (Å²) in [5.41, 5.74) is 4.45. The number of benzene rings is 2. The van der Waals surface area contributed by atoms with Crippen LogP contribution in [0, 0.1) is 0 Å². The Hall–Kier alpha value is -3.02. The highest BCUT2D eigenvalue weighted by molar-refractivity contribution is 6.03. The lowest BCUT2D eigenvalue weighted by molar-refractivity contribution is -0.115. The minimum Gasteiger partial charge on any atom is -0.372 e. The lowest BCUT2D eigenvalue weighted by Crippen LogP contribution is -2.35. The summed E-state index contributed by atoms with van der Waals surface area (Å²) in [6, 6.07) is 13.8. The third kappa shape index (κ3) is 3.74. The number of nitrogens with one attached hydrogen (secondary N) is 2. The van der Waals surface area contributed by atoms with Crippen LogP contribution < -0.4 is 20.4 Å². The molecule has 2 aliphatic rings. The molecule has 0 aliphatic carbocycles. The molecule has 2 aromatic carbocycles. The Morgan fingerprint density at radius 3 is 2.59 bits per heavy atom. The number of likely N-dealkylation sites (N-methyl/N-ethyl adjacent to an activating group) is 1. The number of rotatable bonds is 4. The van der Waals surface area contributed by atoms with Gasteiger partial charge in [-0.2, -0.15) is 0 Å². The van der Waals surface area contributed by atoms with Crippen LogP contribution in [0.15, 0.2) is 42.5 Å². The number of nitrogens with zero attached hydrogens (tertiary/aromatic N) is 2. The molecule has 1 fully saturated rings. The molecule has 6 heteroatoms. The number of carbonyl (C=O) groups excluding carboxylic acids is 2. The lowest BCUT2D eigenvalue weighted by Gasteiger charge is -2.27. The highest BCUT2D eigenvalue weighted by Gasteiger charge is 2.20. The fourth-order valence-corrected chi connectivity index (χ4v) is 3.68. The van der Waals surface area contributed by atoms with Gasteiger partial charge >= 0.3 is 0 Å². The summed E-state index contributed by atoms with van der Waals surface area (Å²) in [6.45, 7) is 3.05. The van der Waals surface area contributed by atoms with Crippen LogP contribution in [-0.4, -0.2) is 38.5 Å². The summed E-state index contributed by atoms with van der Waals surface area (Å²) in [6.07, 6.45) is 2.52. The first-order valence-corrected chi connectivity index (χ1v) is 9.37. The smallest absolute Gasteiger partial charge is 0.251 e. The van der Waals surface area contributed by atoms with Crippen molar-refractivity contribution in [2.24, 2.45) is 0 Å². The number of anilines is 3. The van der Waals surface area contributed by atoms with Gasteiger partial charge in [0, 0.05) is 37.9 Å². The Kier molecular flexibility index (Phi) is 4.71. The zero-order valence-corrected chi connectivity index (χ0v) is 15.5. The Morgan fingerprint density at radius 2 is 1.85 bits per heavy atom. The molecule has 0 bridgehead atoms. The molecule has 2 aliphatic heterocycles. The van der Waals surface area contributed by atoms with Gasteiger partial charge in [-0.1, -0.05) is 12.1 Å². The van der Waals surface area contributed by atoms with E-state index in [4.69, 9.17) is 0 Å². The van der Waals surface area contributed by atoms with Gasteiger partial charge in [-0.05, 0) is 48.7 Å². The standard InChI is InChI=1S/C21H24N4O2/c1-24-14-20(26)23-18-12-16(6-9-19(18)24)21(27)22-13-15-4-7-17(8-5-15)25-10-2-3-11-25/h4-9,12H,2-3,10-11,13-14H2,1H3,(H,22,27)(H,23,26). The molecule has 2 N–H and O–H groups in total. The van der Waals surface area contributed by atoms with Gasteiger partial charge in [-0.25, -0.2) is 0 Å². The first kappa shape index (κ1) is 17.4. The van der Waals surface area contributed by atoms with Gasteiger partial charge in [0.15, 0.2) is 0 Å². The normalized spacial score (nSPS) is 16.1. The van der Waals surface area contributed by atoms with Crippen LogP contribution in [0.4, 0.5) is 17.1 Å². The van der Waals surface area contributed by atoms with Crippen molar-refractivity contribution < 1.29 is 9.59 Å². The van der Waals surface area contributed by atoms with E-state index in [1.54, 1.807) is 12.1 Å². The molecule has 0 radical (unpaired) electrons. The monoisotopic (exact) mass is 364 g/mol. The predicted octanol–water partition coefficient (Wildman–Crippen LogP) is 2.61. The van der Waals surface area contributed by atoms with Gasteiger partial charge in [0.2, 0.25) is 5.91 Å². The number of hydrogen-bond donors (Lipinski definition) is 2. The molecule has 6 nitrogen and oxygen atoms in total. The van der Waals surface area contributed by atoms with E-state index < -0.39 is 0 Å². The maximum atomic E-state index is 12.5. The predicted molar refractivity (Wildman–Crippen MR) is 107 cm³/mol. The second kappa shape index (κ2) is 7.31. The molecule has 0 spiro atoms. The fraction of sp³-hybridized carbons (Fsp3) is 0.333. The first-order valence-electron chi connectivity index (χ1n) is 9.37. The molecule has 0 unspecified atom stereocenters. The van der Waals surface area contributed by atoms with Crippen LogP contribution in [-0.2, 0) is 11.3 Å². The molecule has 0 atom stereocenters. The summed E-state index contributed by atoms with van der Waals surface area (Å²) < 4.78 is 0. The molecule has 140 valence electrons. The van der Waals surface area contributed by atoms with Crippen molar-refractivity contribution in [2.75, 3.05) is 41.8 Å². The largest absolute Gasteiger partial charge is 0.372 e. The molecular formula is C21H24N4O2. The zero-order chi connectivity index (χ0) is 18.8. The third-order valence-electron chi connectivity index (χ3n) is 5.19. The zero-order valence-electron chi connectivity index (χ0n) is 15.5. The van der Waals surface area contributed by atoms with E-state index in [9.17, 15) is 9.59 Å². The van der Waals surface area contributed by atoms with E-state index in [0.717, 1.165) is 24.3 Å². The van der Waals surface area contributed by atoms with E-state index in [1.165, 1.54) is 18.5 Å². The first-order chi connectivity index (χ1) is 13.1. The molecule has 4 rings (SSSR count). The number of amides is 2. The fourth-order valence-electron chi connectivity index (χ4n) is 3.68. The summed E-state index contributed by atoms with van der Waals surface area (Å²) in [5.74, 6) is -0.218. The Bertz CT molecular complexity index is 857. The Balaban J connectivity index is 1.39. The topological polar surface area (TPSA) is 64.7 Å². The van der Waals surface area contributed by atoms with Crippen molar-refractivity contribution in [1.29, 1.82) is 0 Å². The quantitative estimate of drug-likeness (QED) is 0.875. The van der Waals surface area contributed by atoms with Crippen molar-refractivity contribution in [3.63, 3.8) is 0 Å². The van der Waals surface area contributed by atoms with E-state index in [2.05, 4.69) is 39.8 Å². The second-order valence-electron chi connectivity index (χ2n) is 7.18. The van der Waals surface area contributed by atoms with Crippen LogP contribution in [0.1, 0.15) is 28.8 Å². The average Bonchev–Trinajstić information content (AvgIpc) is 3.20. The van der Waals surface area contributed by atoms with Gasteiger partial charge in [0.25, 0.3) is 5.91 Å². The van der Waals surface area contributed by atoms with Gasteiger partial charge in [0.05, 0.1) is 17.9 Å². The van der Waals surface area contributed by atoms with Gasteiger partial charge in [-0.15, -0.1) is 0 Å². The van der Waals surface area contributed by atoms with E-state index in [1.807, 2.05) is 18.0 Å². The van der Waals surface area contributed by atoms with E-state index >= 15 is 0 Å². The summed E-state index contributed by atoms with van der Waals surface area (Å²) in [7, 11) is 1.86. The second-order valence-corrected chi connectivity index (χ2v) is 7.18. The van der Waals surface area contributed by atoms with Crippen LogP contribution >= 0.6 is 0 Å². The number of fused-ring (bicyclic) bond motifs is 1. The Morgan fingerprint density at radius 1 is 1.11 bits per heavy atom. The third-order valence-corrected chi connectivity index (χ3v) is 5.19. The van der Waals surface area contributed by atoms with E-state index in [-0.39, 0.29) is 11.8 Å². The maximum Gasteiger partial charge on any atom is 0.251 e. The molecule has 2 amide bonds. The van der Waals surface area contributed by atoms with E-state index in [0.29, 0.717) is 24.3 Å². The molecule has 2 heterocycles. The summed E-state index contributed by atoms with van der Waals surface area (Å²) >= 11 is 0. The molecule has 2 aromatic rings. The van der Waals surface area contributed by atoms with Gasteiger partial charge in [-0.3, -0.25) is 9.59 Å².